The number of carbonyl (C=O) groups is 3. The van der Waals surface area contributed by atoms with E-state index in [1.54, 1.807) is 12.8 Å². The zero-order chi connectivity index (χ0) is 79.9. The number of aliphatic hydroxyl groups is 12. The Labute approximate surface area is 576 Å². The molecule has 0 amide bonds. The van der Waals surface area contributed by atoms with Crippen LogP contribution in [0.25, 0.3) is 11.2 Å². The average molecular weight is 1560 g/mol. The summed E-state index contributed by atoms with van der Waals surface area (Å²) in [5.41, 5.74) is 2.82. The second-order valence-electron chi connectivity index (χ2n) is 18.2. The van der Waals surface area contributed by atoms with Crippen LogP contribution in [0, 0.1) is 91.4 Å². The number of terminal acetylenes is 6. The fourth-order valence-corrected chi connectivity index (χ4v) is 6.44. The molecule has 101 heavy (non-hydrogen) atoms. The van der Waals surface area contributed by atoms with Crippen molar-refractivity contribution in [1.82, 2.24) is 29.9 Å². The van der Waals surface area contributed by atoms with Crippen LogP contribution in [0.1, 0.15) is 51.6 Å². The summed E-state index contributed by atoms with van der Waals surface area (Å²) < 4.78 is 90.2. The predicted molar refractivity (Wildman–Crippen MR) is 329 cm³/mol. The highest BCUT2D eigenvalue weighted by Crippen LogP contribution is 2.43. The van der Waals surface area contributed by atoms with Crippen molar-refractivity contribution in [3.63, 3.8) is 0 Å². The maximum absolute atomic E-state index is 13.3. The number of rotatable bonds is 13. The summed E-state index contributed by atoms with van der Waals surface area (Å²) in [7, 11) is -11.4. The van der Waals surface area contributed by atoms with Crippen LogP contribution in [-0.2, 0) is 65.4 Å². The molecule has 562 valence electrons. The highest BCUT2D eigenvalue weighted by Gasteiger charge is 2.51. The van der Waals surface area contributed by atoms with Crippen LogP contribution in [0.15, 0.2) is 11.3 Å². The fourth-order valence-electron chi connectivity index (χ4n) is 6.01. The number of aromatic nitrogens is 6. The molecule has 52 heteroatoms. The maximum Gasteiger partial charge on any atom is 0.575 e. The molecule has 3 aromatic rings. The van der Waals surface area contributed by atoms with Crippen molar-refractivity contribution >= 4 is 103 Å². The molecule has 0 bridgehead atoms. The number of ether oxygens (including phenoxy) is 3. The largest absolute Gasteiger partial charge is 0.756 e. The van der Waals surface area contributed by atoms with Crippen molar-refractivity contribution in [3.8, 4) is 74.1 Å². The number of hydrogen-bond donors (Lipinski definition) is 17. The molecule has 4 aliphatic heterocycles. The first-order chi connectivity index (χ1) is 46.8. The zero-order valence-corrected chi connectivity index (χ0v) is 57.6. The number of anilines is 2. The number of phosphoric ester groups is 1. The third-order valence-corrected chi connectivity index (χ3v) is 12.0. The number of fused-ring (bicyclic) bond motifs is 2. The van der Waals surface area contributed by atoms with Gasteiger partial charge in [0.25, 0.3) is 7.82 Å². The quantitative estimate of drug-likeness (QED) is 0.0144. The van der Waals surface area contributed by atoms with Crippen LogP contribution in [0.4, 0.5) is 26.1 Å². The Balaban J connectivity index is -0.000000347. The second-order valence-corrected chi connectivity index (χ2v) is 22.2. The number of aliphatic imine (C=N–C) groups is 1. The van der Waals surface area contributed by atoms with Gasteiger partial charge in [0.15, 0.2) is 70.4 Å². The number of nitrogens with zero attached hydrogens (tertiary/aromatic N) is 6. The van der Waals surface area contributed by atoms with E-state index in [2.05, 4.69) is 87.1 Å². The minimum atomic E-state index is -4.96. The summed E-state index contributed by atoms with van der Waals surface area (Å²) in [4.78, 5) is 98.0. The van der Waals surface area contributed by atoms with Gasteiger partial charge in [-0.25, -0.2) is 24.6 Å². The van der Waals surface area contributed by atoms with E-state index in [0.29, 0.717) is 31.2 Å². The Morgan fingerprint density at radius 1 is 0.802 bits per heavy atom. The molecule has 7 rings (SSSR count). The molecule has 0 spiro atoms. The Bertz CT molecular complexity index is 3400. The number of carbonyl (C=O) groups excluding carboxylic acids is 3. The Morgan fingerprint density at radius 2 is 1.26 bits per heavy atom. The SMILES string of the molecule is C#CC(O)(CO)CO.C#C[C@](C)(O)C=O.C#C[C@](O)(C=O)CO.C#C[C@]1(C)OC(O)C[C@@H]1O.C#C[C@]1(CO)O[C@@H](C2C=Nc3c(N)nc(F)nc32)C[C@@H]1O.C#C[C@]1(CO)O[C@H](OP(=O)([O-])O)C[C@@H]1O.CC=O.N=PP.Nc1nc(F)nc2nc[nH]c12.O=[P+]([O-])O[O-].O=[P+]([O-])O[O-].O=[P+]([O-])O[OH2+]. The first-order valence-corrected chi connectivity index (χ1v) is 32.9. The molecule has 3 saturated heterocycles. The third kappa shape index (κ3) is 39.9. The molecule has 7 heterocycles. The summed E-state index contributed by atoms with van der Waals surface area (Å²) >= 11 is 0. The first-order valence-electron chi connectivity index (χ1n) is 25.6. The summed E-state index contributed by atoms with van der Waals surface area (Å²) in [6.07, 6.45) is 25.9. The minimum Gasteiger partial charge on any atom is -0.756 e. The van der Waals surface area contributed by atoms with Gasteiger partial charge in [-0.2, -0.15) is 23.7 Å². The number of nitrogens with one attached hydrogen (secondary N) is 2. The van der Waals surface area contributed by atoms with E-state index in [1.165, 1.54) is 26.4 Å². The number of nitrogen functional groups attached to an aromatic ring is 2. The summed E-state index contributed by atoms with van der Waals surface area (Å²) in [6.45, 7) is 1.12. The van der Waals surface area contributed by atoms with Crippen molar-refractivity contribution in [2.45, 2.75) is 117 Å². The topological polar surface area (TPSA) is 777 Å². The smallest absolute Gasteiger partial charge is 0.575 e. The lowest BCUT2D eigenvalue weighted by Gasteiger charge is -2.24. The highest BCUT2D eigenvalue weighted by atomic mass is 32.0. The Kier molecular flexibility index (Phi) is 53.0. The van der Waals surface area contributed by atoms with Crippen LogP contribution in [0.2, 0.25) is 0 Å². The van der Waals surface area contributed by atoms with Crippen LogP contribution >= 0.6 is 49.6 Å². The minimum absolute atomic E-state index is 0.0554. The molecule has 0 saturated carbocycles. The number of aldehydes is 3. The van der Waals surface area contributed by atoms with E-state index in [1.807, 2.05) is 17.8 Å². The number of nitrogens with two attached hydrogens (primary N) is 2. The van der Waals surface area contributed by atoms with Crippen molar-refractivity contribution < 1.29 is 176 Å². The van der Waals surface area contributed by atoms with Crippen molar-refractivity contribution in [3.05, 3.63) is 24.2 Å². The number of aromatic amines is 1. The molecule has 4 aliphatic rings. The predicted octanol–water partition coefficient (Wildman–Crippen LogP) is -9.61. The number of H-pyrrole nitrogens is 1. The fraction of sp³-hybridized carbons (Fsp3) is 0.490. The molecule has 3 aromatic heterocycles. The summed E-state index contributed by atoms with van der Waals surface area (Å²) in [5.74, 6) is 11.5. The molecule has 44 nitrogen and oxygen atoms in total. The molecule has 7 unspecified atom stereocenters. The number of phosphoric acid groups is 1. The van der Waals surface area contributed by atoms with Gasteiger partial charge in [0.1, 0.15) is 28.3 Å². The van der Waals surface area contributed by atoms with Crippen molar-refractivity contribution in [2.75, 3.05) is 44.5 Å². The Morgan fingerprint density at radius 3 is 1.54 bits per heavy atom. The first kappa shape index (κ1) is 103. The van der Waals surface area contributed by atoms with Gasteiger partial charge < -0.3 is 132 Å². The summed E-state index contributed by atoms with van der Waals surface area (Å²) in [5, 5.41) is 135. The van der Waals surface area contributed by atoms with Gasteiger partial charge in [0.05, 0.1) is 69.3 Å². The van der Waals surface area contributed by atoms with Gasteiger partial charge in [-0.3, -0.25) is 28.8 Å². The van der Waals surface area contributed by atoms with E-state index in [0.717, 1.165) is 6.29 Å². The molecule has 21 N–H and O–H groups in total. The van der Waals surface area contributed by atoms with E-state index in [-0.39, 0.29) is 42.8 Å². The molecule has 0 radical (unpaired) electrons. The average Bonchev–Trinajstić information content (AvgIpc) is 1.62. The van der Waals surface area contributed by atoms with Gasteiger partial charge >= 0.3 is 36.9 Å². The van der Waals surface area contributed by atoms with Crippen molar-refractivity contribution in [1.29, 1.82) is 5.16 Å². The number of hydrogen-bond acceptors (Lipinski definition) is 41. The van der Waals surface area contributed by atoms with E-state index < -0.39 is 154 Å². The van der Waals surface area contributed by atoms with Gasteiger partial charge in [0, 0.05) is 33.5 Å². The van der Waals surface area contributed by atoms with E-state index in [4.69, 9.17) is 151 Å². The molecule has 0 aromatic carbocycles. The normalized spacial score (nSPS) is 24.0. The molecular formula is C49H66F2N10O34P6-2. The molecular weight excluding hydrogens is 1500 g/mol. The lowest BCUT2D eigenvalue weighted by atomic mass is 9.94. The van der Waals surface area contributed by atoms with Gasteiger partial charge in [-0.1, -0.05) is 44.5 Å². The monoisotopic (exact) mass is 1560 g/mol. The van der Waals surface area contributed by atoms with E-state index in [9.17, 15) is 48.3 Å². The molecule has 3 fully saturated rings. The lowest BCUT2D eigenvalue weighted by Crippen LogP contribution is -2.41. The number of halogens is 2. The van der Waals surface area contributed by atoms with E-state index >= 15 is 0 Å². The van der Waals surface area contributed by atoms with Crippen LogP contribution in [0.5, 0.6) is 0 Å². The van der Waals surface area contributed by atoms with Crippen LogP contribution in [0.3, 0.4) is 0 Å². The standard InChI is InChI=1S/C13H13FN4O3.C7H11O7P.C7H10O3.C5H4FN5.C5H8O3.C5H6O3.C5H6O2.C2H4O.H3NP2.3HO4P/c1-2-13(5-19)8(20)3-7(21-13)6-4-16-10-9(6)17-12(14)18-11(10)15;1-2-7(4-8)5(9)3-6(13-7)14-15(10,11)12;1-3-7(2)5(8)4-6(9)10-7;6-5-10-3(7)2-4(11-5)9-1-8-2;2*1-2-5(8,3-6)4-7;1-3-5(2,7)4-6;1-2-3;1-3-2;3*1-4-5(2)3/h1,4,6-8,19-20H,3,5H2,(H2,15,17,18);1,5-6,8-9H,3-4H2,(H2,10,11,12);1,5-6,8-9H,4H2,2H3;1H,(H3,7,8,9,10,11);1,6-8H,3-4H2;1,3,7-8H,4H2;1,4,7H,2H3;2H,1H3;1H,2H2;3*1H/p-2/t6?,7-,8+,13-;5-,6+,7+;5-,6?,7-;;;2*5-;;;;;/m100..00...../s1. The highest BCUT2D eigenvalue weighted by molar-refractivity contribution is 7.96. The van der Waals surface area contributed by atoms with Crippen LogP contribution in [-0.4, -0.2) is 230 Å². The molecule has 17 atom stereocenters. The lowest BCUT2D eigenvalue weighted by molar-refractivity contribution is -0.644. The third-order valence-electron chi connectivity index (χ3n) is 11.1. The summed E-state index contributed by atoms with van der Waals surface area (Å²) in [6, 6.07) is 0. The second kappa shape index (κ2) is 52.1. The Hall–Kier alpha value is -6.89. The van der Waals surface area contributed by atoms with Gasteiger partial charge in [0.2, 0.25) is 5.60 Å². The zero-order valence-electron chi connectivity index (χ0n) is 51.9. The van der Waals surface area contributed by atoms with Gasteiger partial charge in [-0.15, -0.1) is 38.5 Å². The number of aliphatic hydroxyl groups excluding tert-OH is 9. The molecule has 0 aliphatic carbocycles. The van der Waals surface area contributed by atoms with Gasteiger partial charge in [-0.05, 0) is 34.5 Å². The number of imidazole rings is 1. The van der Waals surface area contributed by atoms with Crippen LogP contribution < -0.4 is 41.6 Å². The maximum atomic E-state index is 13.3. The van der Waals surface area contributed by atoms with Crippen molar-refractivity contribution in [2.24, 2.45) is 4.99 Å².